The zero-order valence-corrected chi connectivity index (χ0v) is 18.5. The average molecular weight is 441 g/mol. The number of carbonyl (C=O) groups is 2. The van der Waals surface area contributed by atoms with Crippen molar-refractivity contribution >= 4 is 19.6 Å². The van der Waals surface area contributed by atoms with Crippen LogP contribution in [0.1, 0.15) is 32.1 Å². The van der Waals surface area contributed by atoms with Gasteiger partial charge >= 0.3 is 7.82 Å². The molecule has 0 aromatic carbocycles. The highest BCUT2D eigenvalue weighted by Gasteiger charge is 2.19. The molecule has 6 N–H and O–H groups in total. The van der Waals surface area contributed by atoms with E-state index in [9.17, 15) is 14.2 Å². The predicted octanol–water partition coefficient (Wildman–Crippen LogP) is -0.670. The van der Waals surface area contributed by atoms with Gasteiger partial charge in [0.05, 0.1) is 27.3 Å². The summed E-state index contributed by atoms with van der Waals surface area (Å²) in [7, 11) is -0.626. The van der Waals surface area contributed by atoms with E-state index in [0.717, 1.165) is 19.3 Å². The van der Waals surface area contributed by atoms with Crippen LogP contribution in [0.4, 0.5) is 0 Å². The van der Waals surface area contributed by atoms with Crippen LogP contribution in [-0.4, -0.2) is 92.7 Å². The molecular weight excluding hydrogens is 403 g/mol. The standard InChI is InChI=1S/C17H37N4O7P/c1-21(2,12-15-28-29(24,25)26)11-14-27-13-10-20-17(23)7-9-19-16(22)6-4-3-5-8-18/h3-15,18H2,1-2H3,(H3-,19,20,22,23,24,25,26)/p+1. The molecule has 0 fully saturated rings. The SMILES string of the molecule is C[N+](C)(CCOCCNC(=O)CCNC(=O)CCCCCN)CCOP(=O)(O)O. The first-order valence-corrected chi connectivity index (χ1v) is 11.4. The van der Waals surface area contributed by atoms with Crippen LogP contribution < -0.4 is 16.4 Å². The number of phosphoric acid groups is 1. The Bertz CT molecular complexity index is 514. The van der Waals surface area contributed by atoms with Crippen molar-refractivity contribution < 1.29 is 37.7 Å². The second-order valence-electron chi connectivity index (χ2n) is 7.37. The summed E-state index contributed by atoms with van der Waals surface area (Å²) in [6.07, 6.45) is 3.33. The number of amides is 2. The Morgan fingerprint density at radius 1 is 0.931 bits per heavy atom. The van der Waals surface area contributed by atoms with Crippen LogP contribution in [0, 0.1) is 0 Å². The molecule has 0 bridgehead atoms. The molecule has 0 saturated carbocycles. The number of hydrogen-bond acceptors (Lipinski definition) is 6. The smallest absolute Gasteiger partial charge is 0.374 e. The van der Waals surface area contributed by atoms with Crippen molar-refractivity contribution in [1.29, 1.82) is 0 Å². The number of unbranched alkanes of at least 4 members (excludes halogenated alkanes) is 2. The van der Waals surface area contributed by atoms with Crippen molar-refractivity contribution in [1.82, 2.24) is 10.6 Å². The molecule has 0 spiro atoms. The summed E-state index contributed by atoms with van der Waals surface area (Å²) in [5.74, 6) is -0.201. The zero-order valence-electron chi connectivity index (χ0n) is 17.6. The molecule has 0 rings (SSSR count). The van der Waals surface area contributed by atoms with Crippen molar-refractivity contribution in [3.05, 3.63) is 0 Å². The van der Waals surface area contributed by atoms with E-state index in [-0.39, 0.29) is 24.8 Å². The maximum absolute atomic E-state index is 11.7. The van der Waals surface area contributed by atoms with Crippen molar-refractivity contribution in [3.8, 4) is 0 Å². The second-order valence-corrected chi connectivity index (χ2v) is 8.61. The topological polar surface area (TPSA) is 160 Å². The Morgan fingerprint density at radius 3 is 2.21 bits per heavy atom. The number of hydrogen-bond donors (Lipinski definition) is 5. The Kier molecular flexibility index (Phi) is 15.1. The van der Waals surface area contributed by atoms with Gasteiger partial charge in [0, 0.05) is 25.9 Å². The number of ether oxygens (including phenoxy) is 1. The maximum Gasteiger partial charge on any atom is 0.469 e. The van der Waals surface area contributed by atoms with Gasteiger partial charge in [-0.1, -0.05) is 6.42 Å². The fourth-order valence-corrected chi connectivity index (χ4v) is 2.61. The summed E-state index contributed by atoms with van der Waals surface area (Å²) in [5, 5.41) is 5.44. The lowest BCUT2D eigenvalue weighted by atomic mass is 10.2. The quantitative estimate of drug-likeness (QED) is 0.106. The molecule has 0 atom stereocenters. The average Bonchev–Trinajstić information content (AvgIpc) is 2.60. The van der Waals surface area contributed by atoms with Gasteiger partial charge in [0.25, 0.3) is 0 Å². The lowest BCUT2D eigenvalue weighted by Crippen LogP contribution is -2.44. The van der Waals surface area contributed by atoms with Crippen molar-refractivity contribution in [2.45, 2.75) is 32.1 Å². The molecule has 0 heterocycles. The molecule has 0 aliphatic carbocycles. The number of likely N-dealkylation sites (N-methyl/N-ethyl adjacent to an activating group) is 1. The molecule has 11 nitrogen and oxygen atoms in total. The third kappa shape index (κ3) is 20.0. The number of nitrogens with two attached hydrogens (primary N) is 1. The fraction of sp³-hybridized carbons (Fsp3) is 0.882. The summed E-state index contributed by atoms with van der Waals surface area (Å²) >= 11 is 0. The van der Waals surface area contributed by atoms with Gasteiger partial charge in [-0.05, 0) is 19.4 Å². The van der Waals surface area contributed by atoms with Gasteiger partial charge in [-0.25, -0.2) is 4.57 Å². The Morgan fingerprint density at radius 2 is 1.55 bits per heavy atom. The van der Waals surface area contributed by atoms with Gasteiger partial charge < -0.3 is 35.4 Å². The Hall–Kier alpha value is -1.07. The van der Waals surface area contributed by atoms with E-state index in [1.165, 1.54) is 0 Å². The van der Waals surface area contributed by atoms with Crippen LogP contribution in [0.15, 0.2) is 0 Å². The summed E-state index contributed by atoms with van der Waals surface area (Å²) in [6.45, 7) is 3.15. The molecule has 2 amide bonds. The first-order chi connectivity index (χ1) is 13.6. The van der Waals surface area contributed by atoms with Gasteiger partial charge in [0.1, 0.15) is 19.7 Å². The van der Waals surface area contributed by atoms with Gasteiger partial charge in [-0.15, -0.1) is 0 Å². The minimum Gasteiger partial charge on any atom is -0.374 e. The lowest BCUT2D eigenvalue weighted by Gasteiger charge is -2.29. The summed E-state index contributed by atoms with van der Waals surface area (Å²) in [4.78, 5) is 40.6. The number of nitrogens with zero attached hydrogens (tertiary/aromatic N) is 1. The largest absolute Gasteiger partial charge is 0.469 e. The fourth-order valence-electron chi connectivity index (χ4n) is 2.29. The van der Waals surface area contributed by atoms with E-state index in [2.05, 4.69) is 15.2 Å². The highest BCUT2D eigenvalue weighted by molar-refractivity contribution is 7.46. The summed E-state index contributed by atoms with van der Waals surface area (Å²) < 4.78 is 21.0. The van der Waals surface area contributed by atoms with Crippen LogP contribution in [-0.2, 0) is 23.4 Å². The number of rotatable bonds is 18. The molecule has 0 aliphatic rings. The molecular formula is C17H38N4O7P+. The highest BCUT2D eigenvalue weighted by atomic mass is 31.2. The number of nitrogens with one attached hydrogen (secondary N) is 2. The molecule has 29 heavy (non-hydrogen) atoms. The molecule has 0 aliphatic heterocycles. The number of quaternary nitrogens is 1. The molecule has 172 valence electrons. The van der Waals surface area contributed by atoms with Gasteiger partial charge in [0.15, 0.2) is 0 Å². The minimum atomic E-state index is -4.43. The normalized spacial score (nSPS) is 12.0. The van der Waals surface area contributed by atoms with Gasteiger partial charge in [-0.2, -0.15) is 0 Å². The van der Waals surface area contributed by atoms with E-state index < -0.39 is 7.82 Å². The predicted molar refractivity (Wildman–Crippen MR) is 109 cm³/mol. The monoisotopic (exact) mass is 441 g/mol. The maximum atomic E-state index is 11.7. The zero-order chi connectivity index (χ0) is 22.2. The van der Waals surface area contributed by atoms with Crippen molar-refractivity contribution in [2.75, 3.05) is 66.6 Å². The summed E-state index contributed by atoms with van der Waals surface area (Å²) in [5.41, 5.74) is 5.39. The van der Waals surface area contributed by atoms with Crippen LogP contribution >= 0.6 is 7.82 Å². The molecule has 0 unspecified atom stereocenters. The van der Waals surface area contributed by atoms with Crippen LogP contribution in [0.2, 0.25) is 0 Å². The highest BCUT2D eigenvalue weighted by Crippen LogP contribution is 2.35. The van der Waals surface area contributed by atoms with E-state index >= 15 is 0 Å². The number of phosphoric ester groups is 1. The van der Waals surface area contributed by atoms with E-state index in [0.29, 0.717) is 56.8 Å². The summed E-state index contributed by atoms with van der Waals surface area (Å²) in [6, 6.07) is 0. The van der Waals surface area contributed by atoms with Crippen molar-refractivity contribution in [3.63, 3.8) is 0 Å². The van der Waals surface area contributed by atoms with Gasteiger partial charge in [-0.3, -0.25) is 14.1 Å². The Labute approximate surface area is 173 Å². The van der Waals surface area contributed by atoms with Crippen LogP contribution in [0.3, 0.4) is 0 Å². The minimum absolute atomic E-state index is 0.0441. The second kappa shape index (κ2) is 15.7. The molecule has 0 saturated heterocycles. The first-order valence-electron chi connectivity index (χ1n) is 9.89. The van der Waals surface area contributed by atoms with E-state index in [1.54, 1.807) is 0 Å². The third-order valence-corrected chi connectivity index (χ3v) is 4.67. The van der Waals surface area contributed by atoms with E-state index in [1.807, 2.05) is 14.1 Å². The Balaban J connectivity index is 3.61. The van der Waals surface area contributed by atoms with Gasteiger partial charge in [0.2, 0.25) is 11.8 Å². The third-order valence-electron chi connectivity index (χ3n) is 4.15. The molecule has 0 radical (unpaired) electrons. The molecule has 12 heteroatoms. The lowest BCUT2D eigenvalue weighted by molar-refractivity contribution is -0.890. The number of carbonyl (C=O) groups excluding carboxylic acids is 2. The van der Waals surface area contributed by atoms with Crippen molar-refractivity contribution in [2.24, 2.45) is 5.73 Å². The van der Waals surface area contributed by atoms with Crippen LogP contribution in [0.25, 0.3) is 0 Å². The van der Waals surface area contributed by atoms with Crippen LogP contribution in [0.5, 0.6) is 0 Å². The molecule has 0 aromatic heterocycles. The molecule has 0 aromatic rings. The first kappa shape index (κ1) is 27.9. The van der Waals surface area contributed by atoms with E-state index in [4.69, 9.17) is 20.3 Å².